The quantitative estimate of drug-likeness (QED) is 0.914. The first-order valence-corrected chi connectivity index (χ1v) is 7.11. The van der Waals surface area contributed by atoms with E-state index in [0.717, 1.165) is 19.3 Å². The number of rotatable bonds is 3. The highest BCUT2D eigenvalue weighted by Gasteiger charge is 2.26. The molecule has 1 aliphatic rings. The van der Waals surface area contributed by atoms with Crippen LogP contribution in [-0.2, 0) is 10.0 Å². The van der Waals surface area contributed by atoms with Gasteiger partial charge in [0, 0.05) is 6.04 Å². The average molecular weight is 271 g/mol. The van der Waals surface area contributed by atoms with E-state index in [1.54, 1.807) is 0 Å². The molecule has 1 N–H and O–H groups in total. The van der Waals surface area contributed by atoms with Gasteiger partial charge in [0.2, 0.25) is 10.0 Å². The smallest absolute Gasteiger partial charge is 0.208 e. The van der Waals surface area contributed by atoms with E-state index in [1.807, 2.05) is 6.07 Å². The zero-order valence-corrected chi connectivity index (χ0v) is 10.6. The molecule has 0 unspecified atom stereocenters. The minimum Gasteiger partial charge on any atom is -0.208 e. The van der Waals surface area contributed by atoms with E-state index in [1.165, 1.54) is 18.2 Å². The maximum Gasteiger partial charge on any atom is 0.242 e. The largest absolute Gasteiger partial charge is 0.242 e. The zero-order valence-electron chi connectivity index (χ0n) is 8.98. The molecule has 0 bridgehead atoms. The summed E-state index contributed by atoms with van der Waals surface area (Å²) in [6.45, 7) is 0. The maximum absolute atomic E-state index is 12.0. The molecule has 1 aromatic rings. The SMILES string of the molecule is N#Cc1ccc(S(=O)(=O)NC2CCC2)c(Cl)c1. The van der Waals surface area contributed by atoms with Crippen molar-refractivity contribution < 1.29 is 8.42 Å². The number of nitrogens with one attached hydrogen (secondary N) is 1. The Hall–Kier alpha value is -1.09. The third-order valence-electron chi connectivity index (χ3n) is 2.78. The molecular weight excluding hydrogens is 260 g/mol. The first kappa shape index (κ1) is 12.4. The molecular formula is C11H11ClN2O2S. The number of hydrogen-bond donors (Lipinski definition) is 1. The normalized spacial score (nSPS) is 16.2. The molecule has 0 amide bonds. The van der Waals surface area contributed by atoms with Crippen LogP contribution in [0.2, 0.25) is 5.02 Å². The van der Waals surface area contributed by atoms with E-state index in [0.29, 0.717) is 5.56 Å². The van der Waals surface area contributed by atoms with E-state index in [-0.39, 0.29) is 16.0 Å². The van der Waals surface area contributed by atoms with Gasteiger partial charge in [0.05, 0.1) is 16.7 Å². The number of nitriles is 1. The second kappa shape index (κ2) is 4.65. The van der Waals surface area contributed by atoms with Crippen molar-refractivity contribution in [1.82, 2.24) is 4.72 Å². The Morgan fingerprint density at radius 3 is 2.59 bits per heavy atom. The van der Waals surface area contributed by atoms with Crippen molar-refractivity contribution in [1.29, 1.82) is 5.26 Å². The maximum atomic E-state index is 12.0. The topological polar surface area (TPSA) is 70.0 Å². The van der Waals surface area contributed by atoms with Crippen LogP contribution in [0.25, 0.3) is 0 Å². The van der Waals surface area contributed by atoms with E-state index in [4.69, 9.17) is 16.9 Å². The lowest BCUT2D eigenvalue weighted by Crippen LogP contribution is -2.39. The predicted molar refractivity (Wildman–Crippen MR) is 64.1 cm³/mol. The molecule has 0 atom stereocenters. The van der Waals surface area contributed by atoms with Gasteiger partial charge in [-0.25, -0.2) is 13.1 Å². The molecule has 0 heterocycles. The first-order valence-electron chi connectivity index (χ1n) is 5.25. The van der Waals surface area contributed by atoms with Gasteiger partial charge < -0.3 is 0 Å². The van der Waals surface area contributed by atoms with Crippen molar-refractivity contribution in [2.24, 2.45) is 0 Å². The summed E-state index contributed by atoms with van der Waals surface area (Å²) in [5, 5.41) is 8.75. The van der Waals surface area contributed by atoms with Crippen LogP contribution in [0.5, 0.6) is 0 Å². The molecule has 1 saturated carbocycles. The van der Waals surface area contributed by atoms with Gasteiger partial charge >= 0.3 is 0 Å². The lowest BCUT2D eigenvalue weighted by molar-refractivity contribution is 0.383. The van der Waals surface area contributed by atoms with Crippen LogP contribution in [0.3, 0.4) is 0 Å². The molecule has 0 saturated heterocycles. The Morgan fingerprint density at radius 2 is 2.12 bits per heavy atom. The Bertz CT molecular complexity index is 574. The predicted octanol–water partition coefficient (Wildman–Crippen LogP) is 2.04. The van der Waals surface area contributed by atoms with Crippen molar-refractivity contribution >= 4 is 21.6 Å². The van der Waals surface area contributed by atoms with Crippen molar-refractivity contribution in [2.45, 2.75) is 30.2 Å². The lowest BCUT2D eigenvalue weighted by Gasteiger charge is -2.26. The van der Waals surface area contributed by atoms with E-state index in [2.05, 4.69) is 4.72 Å². The number of sulfonamides is 1. The molecule has 0 radical (unpaired) electrons. The van der Waals surface area contributed by atoms with Gasteiger partial charge in [0.1, 0.15) is 4.90 Å². The molecule has 1 aromatic carbocycles. The average Bonchev–Trinajstić information content (AvgIpc) is 2.23. The third-order valence-corrected chi connectivity index (χ3v) is 4.78. The molecule has 1 aliphatic carbocycles. The van der Waals surface area contributed by atoms with Crippen LogP contribution in [0.1, 0.15) is 24.8 Å². The van der Waals surface area contributed by atoms with E-state index < -0.39 is 10.0 Å². The van der Waals surface area contributed by atoms with E-state index >= 15 is 0 Å². The lowest BCUT2D eigenvalue weighted by atomic mass is 9.94. The second-order valence-corrected chi connectivity index (χ2v) is 6.10. The summed E-state index contributed by atoms with van der Waals surface area (Å²) in [5.74, 6) is 0. The molecule has 6 heteroatoms. The van der Waals surface area contributed by atoms with Gasteiger partial charge in [-0.15, -0.1) is 0 Å². The van der Waals surface area contributed by atoms with Crippen molar-refractivity contribution in [3.05, 3.63) is 28.8 Å². The first-order chi connectivity index (χ1) is 8.03. The molecule has 90 valence electrons. The summed E-state index contributed by atoms with van der Waals surface area (Å²) in [6.07, 6.45) is 2.79. The Labute approximate surface area is 105 Å². The van der Waals surface area contributed by atoms with Crippen molar-refractivity contribution in [2.75, 3.05) is 0 Å². The summed E-state index contributed by atoms with van der Waals surface area (Å²) in [7, 11) is -3.57. The van der Waals surface area contributed by atoms with Crippen molar-refractivity contribution in [3.63, 3.8) is 0 Å². The van der Waals surface area contributed by atoms with Crippen molar-refractivity contribution in [3.8, 4) is 6.07 Å². The summed E-state index contributed by atoms with van der Waals surface area (Å²) in [6, 6.07) is 6.10. The molecule has 1 fully saturated rings. The number of hydrogen-bond acceptors (Lipinski definition) is 3. The minimum atomic E-state index is -3.57. The van der Waals surface area contributed by atoms with Crippen LogP contribution in [0.4, 0.5) is 0 Å². The van der Waals surface area contributed by atoms with Gasteiger partial charge in [-0.1, -0.05) is 18.0 Å². The Kier molecular flexibility index (Phi) is 3.38. The van der Waals surface area contributed by atoms with Crippen LogP contribution < -0.4 is 4.72 Å². The summed E-state index contributed by atoms with van der Waals surface area (Å²) in [4.78, 5) is 0.0325. The molecule has 0 spiro atoms. The fraction of sp³-hybridized carbons (Fsp3) is 0.364. The highest BCUT2D eigenvalue weighted by Crippen LogP contribution is 2.25. The minimum absolute atomic E-state index is 0.0201. The van der Waals surface area contributed by atoms with Gasteiger partial charge in [-0.3, -0.25) is 0 Å². The molecule has 0 aliphatic heterocycles. The van der Waals surface area contributed by atoms with Gasteiger partial charge in [-0.05, 0) is 31.0 Å². The summed E-state index contributed by atoms with van der Waals surface area (Å²) >= 11 is 5.87. The number of nitrogens with zero attached hydrogens (tertiary/aromatic N) is 1. The Morgan fingerprint density at radius 1 is 1.41 bits per heavy atom. The standard InChI is InChI=1S/C11H11ClN2O2S/c12-10-6-8(7-13)4-5-11(10)17(15,16)14-9-2-1-3-9/h4-6,9,14H,1-3H2. The molecule has 4 nitrogen and oxygen atoms in total. The van der Waals surface area contributed by atoms with Gasteiger partial charge in [0.25, 0.3) is 0 Å². The highest BCUT2D eigenvalue weighted by molar-refractivity contribution is 7.89. The van der Waals surface area contributed by atoms with Crippen LogP contribution >= 0.6 is 11.6 Å². The zero-order chi connectivity index (χ0) is 12.5. The molecule has 17 heavy (non-hydrogen) atoms. The fourth-order valence-electron chi connectivity index (χ4n) is 1.60. The molecule has 0 aromatic heterocycles. The summed E-state index contributed by atoms with van der Waals surface area (Å²) < 4.78 is 26.5. The highest BCUT2D eigenvalue weighted by atomic mass is 35.5. The Balaban J connectivity index is 2.29. The van der Waals surface area contributed by atoms with Gasteiger partial charge in [-0.2, -0.15) is 5.26 Å². The van der Waals surface area contributed by atoms with Gasteiger partial charge in [0.15, 0.2) is 0 Å². The second-order valence-electron chi connectivity index (χ2n) is 4.01. The number of benzene rings is 1. The third kappa shape index (κ3) is 2.60. The summed E-state index contributed by atoms with van der Waals surface area (Å²) in [5.41, 5.74) is 0.345. The van der Waals surface area contributed by atoms with Crippen LogP contribution in [0, 0.1) is 11.3 Å². The van der Waals surface area contributed by atoms with Crippen LogP contribution in [-0.4, -0.2) is 14.5 Å². The number of halogens is 1. The monoisotopic (exact) mass is 270 g/mol. The van der Waals surface area contributed by atoms with E-state index in [9.17, 15) is 8.42 Å². The van der Waals surface area contributed by atoms with Crippen LogP contribution in [0.15, 0.2) is 23.1 Å². The molecule has 2 rings (SSSR count). The fourth-order valence-corrected chi connectivity index (χ4v) is 3.45.